The smallest absolute Gasteiger partial charge is 0.225 e. The molecule has 0 bridgehead atoms. The molecule has 2 N–H and O–H groups in total. The average Bonchev–Trinajstić information content (AvgIpc) is 3.46. The number of carbonyl (C=O) groups is 2. The molecule has 0 aromatic rings. The SMILES string of the molecule is O=C(NC(CCO)C1CCCCC1)C1CCCN(C(=O)C2CC2)C1. The van der Waals surface area contributed by atoms with E-state index in [0.29, 0.717) is 18.9 Å². The van der Waals surface area contributed by atoms with E-state index in [9.17, 15) is 14.7 Å². The summed E-state index contributed by atoms with van der Waals surface area (Å²) in [4.78, 5) is 26.9. The lowest BCUT2D eigenvalue weighted by molar-refractivity contribution is -0.137. The van der Waals surface area contributed by atoms with Crippen molar-refractivity contribution in [2.75, 3.05) is 19.7 Å². The first-order valence-corrected chi connectivity index (χ1v) is 9.89. The molecule has 24 heavy (non-hydrogen) atoms. The van der Waals surface area contributed by atoms with Crippen molar-refractivity contribution in [2.45, 2.75) is 70.3 Å². The van der Waals surface area contributed by atoms with Crippen LogP contribution >= 0.6 is 0 Å². The van der Waals surface area contributed by atoms with Crippen LogP contribution in [0.3, 0.4) is 0 Å². The largest absolute Gasteiger partial charge is 0.396 e. The van der Waals surface area contributed by atoms with Crippen molar-refractivity contribution in [3.63, 3.8) is 0 Å². The first-order chi connectivity index (χ1) is 11.7. The molecule has 1 heterocycles. The Morgan fingerprint density at radius 3 is 2.42 bits per heavy atom. The second-order valence-electron chi connectivity index (χ2n) is 7.92. The average molecular weight is 336 g/mol. The van der Waals surface area contributed by atoms with Crippen LogP contribution in [0.4, 0.5) is 0 Å². The highest BCUT2D eigenvalue weighted by Crippen LogP contribution is 2.33. The standard InChI is InChI=1S/C19H32N2O3/c22-12-10-17(14-5-2-1-3-6-14)20-18(23)16-7-4-11-21(13-16)19(24)15-8-9-15/h14-17,22H,1-13H2,(H,20,23). The van der Waals surface area contributed by atoms with Gasteiger partial charge < -0.3 is 15.3 Å². The van der Waals surface area contributed by atoms with E-state index in [0.717, 1.165) is 45.1 Å². The molecule has 3 fully saturated rings. The number of aliphatic hydroxyl groups is 1. The lowest BCUT2D eigenvalue weighted by Gasteiger charge is -2.35. The number of hydrogen-bond donors (Lipinski definition) is 2. The van der Waals surface area contributed by atoms with Gasteiger partial charge in [0.05, 0.1) is 5.92 Å². The summed E-state index contributed by atoms with van der Waals surface area (Å²) in [6.07, 6.45) is 10.5. The van der Waals surface area contributed by atoms with Crippen LogP contribution in [-0.2, 0) is 9.59 Å². The second kappa shape index (κ2) is 8.32. The Kier molecular flexibility index (Phi) is 6.14. The Labute approximate surface area is 145 Å². The molecule has 0 spiro atoms. The Morgan fingerprint density at radius 1 is 1.00 bits per heavy atom. The van der Waals surface area contributed by atoms with Crippen molar-refractivity contribution in [2.24, 2.45) is 17.8 Å². The molecule has 5 heteroatoms. The summed E-state index contributed by atoms with van der Waals surface area (Å²) in [7, 11) is 0. The number of rotatable bonds is 6. The number of hydrogen-bond acceptors (Lipinski definition) is 3. The van der Waals surface area contributed by atoms with Crippen LogP contribution in [0.25, 0.3) is 0 Å². The Hall–Kier alpha value is -1.10. The quantitative estimate of drug-likeness (QED) is 0.780. The summed E-state index contributed by atoms with van der Waals surface area (Å²) in [5.41, 5.74) is 0. The third-order valence-corrected chi connectivity index (χ3v) is 6.02. The zero-order chi connectivity index (χ0) is 16.9. The second-order valence-corrected chi connectivity index (χ2v) is 7.92. The molecule has 2 amide bonds. The number of nitrogens with zero attached hydrogens (tertiary/aromatic N) is 1. The molecule has 1 saturated heterocycles. The van der Waals surface area contributed by atoms with Gasteiger partial charge in [-0.1, -0.05) is 19.3 Å². The number of carbonyl (C=O) groups excluding carboxylic acids is 2. The van der Waals surface area contributed by atoms with Gasteiger partial charge in [0, 0.05) is 31.7 Å². The van der Waals surface area contributed by atoms with Gasteiger partial charge in [0.25, 0.3) is 0 Å². The van der Waals surface area contributed by atoms with Gasteiger partial charge in [-0.2, -0.15) is 0 Å². The molecular formula is C19H32N2O3. The van der Waals surface area contributed by atoms with E-state index in [4.69, 9.17) is 0 Å². The van der Waals surface area contributed by atoms with E-state index >= 15 is 0 Å². The fourth-order valence-electron chi connectivity index (χ4n) is 4.38. The maximum atomic E-state index is 12.7. The Morgan fingerprint density at radius 2 is 1.75 bits per heavy atom. The topological polar surface area (TPSA) is 69.6 Å². The summed E-state index contributed by atoms with van der Waals surface area (Å²) in [6, 6.07) is 0.0947. The molecule has 1 aliphatic heterocycles. The van der Waals surface area contributed by atoms with Gasteiger partial charge in [0.2, 0.25) is 11.8 Å². The van der Waals surface area contributed by atoms with Crippen molar-refractivity contribution in [1.29, 1.82) is 0 Å². The molecule has 2 aliphatic carbocycles. The van der Waals surface area contributed by atoms with Crippen LogP contribution in [0.2, 0.25) is 0 Å². The Balaban J connectivity index is 1.54. The summed E-state index contributed by atoms with van der Waals surface area (Å²) in [6.45, 7) is 1.51. The van der Waals surface area contributed by atoms with Crippen molar-refractivity contribution in [1.82, 2.24) is 10.2 Å². The lowest BCUT2D eigenvalue weighted by atomic mass is 9.82. The molecule has 5 nitrogen and oxygen atoms in total. The summed E-state index contributed by atoms with van der Waals surface area (Å²) < 4.78 is 0. The van der Waals surface area contributed by atoms with Crippen LogP contribution in [0.5, 0.6) is 0 Å². The maximum Gasteiger partial charge on any atom is 0.225 e. The van der Waals surface area contributed by atoms with Gasteiger partial charge in [-0.3, -0.25) is 9.59 Å². The fraction of sp³-hybridized carbons (Fsp3) is 0.895. The minimum atomic E-state index is -0.0776. The maximum absolute atomic E-state index is 12.7. The predicted molar refractivity (Wildman–Crippen MR) is 92.2 cm³/mol. The van der Waals surface area contributed by atoms with Crippen LogP contribution in [0.15, 0.2) is 0 Å². The van der Waals surface area contributed by atoms with Gasteiger partial charge in [-0.25, -0.2) is 0 Å². The molecular weight excluding hydrogens is 304 g/mol. The van der Waals surface area contributed by atoms with Crippen LogP contribution < -0.4 is 5.32 Å². The normalized spacial score (nSPS) is 26.9. The molecule has 2 unspecified atom stereocenters. The van der Waals surface area contributed by atoms with Crippen molar-refractivity contribution in [3.05, 3.63) is 0 Å². The zero-order valence-corrected chi connectivity index (χ0v) is 14.7. The van der Waals surface area contributed by atoms with Crippen LogP contribution in [0.1, 0.15) is 64.2 Å². The highest BCUT2D eigenvalue weighted by atomic mass is 16.3. The fourth-order valence-corrected chi connectivity index (χ4v) is 4.38. The van der Waals surface area contributed by atoms with Crippen molar-refractivity contribution in [3.8, 4) is 0 Å². The molecule has 0 aromatic heterocycles. The number of amides is 2. The number of piperidine rings is 1. The number of nitrogens with one attached hydrogen (secondary N) is 1. The molecule has 0 aromatic carbocycles. The molecule has 3 rings (SSSR count). The molecule has 0 radical (unpaired) electrons. The van der Waals surface area contributed by atoms with Crippen molar-refractivity contribution < 1.29 is 14.7 Å². The van der Waals surface area contributed by atoms with E-state index in [-0.39, 0.29) is 36.3 Å². The first-order valence-electron chi connectivity index (χ1n) is 9.89. The first kappa shape index (κ1) is 17.7. The van der Waals surface area contributed by atoms with Gasteiger partial charge in [-0.15, -0.1) is 0 Å². The van der Waals surface area contributed by atoms with Gasteiger partial charge in [0.15, 0.2) is 0 Å². The molecule has 2 saturated carbocycles. The van der Waals surface area contributed by atoms with Gasteiger partial charge >= 0.3 is 0 Å². The van der Waals surface area contributed by atoms with Crippen molar-refractivity contribution >= 4 is 11.8 Å². The molecule has 2 atom stereocenters. The van der Waals surface area contributed by atoms with Gasteiger partial charge in [0.1, 0.15) is 0 Å². The van der Waals surface area contributed by atoms with E-state index in [1.807, 2.05) is 4.90 Å². The highest BCUT2D eigenvalue weighted by molar-refractivity contribution is 5.83. The molecule has 3 aliphatic rings. The summed E-state index contributed by atoms with van der Waals surface area (Å²) in [5.74, 6) is 1.00. The third-order valence-electron chi connectivity index (χ3n) is 6.02. The van der Waals surface area contributed by atoms with E-state index in [2.05, 4.69) is 5.32 Å². The lowest BCUT2D eigenvalue weighted by Crippen LogP contribution is -2.49. The summed E-state index contributed by atoms with van der Waals surface area (Å²) in [5, 5.41) is 12.6. The Bertz CT molecular complexity index is 444. The zero-order valence-electron chi connectivity index (χ0n) is 14.7. The monoisotopic (exact) mass is 336 g/mol. The van der Waals surface area contributed by atoms with Gasteiger partial charge in [-0.05, 0) is 50.9 Å². The minimum Gasteiger partial charge on any atom is -0.396 e. The number of likely N-dealkylation sites (tertiary alicyclic amines) is 1. The van der Waals surface area contributed by atoms with E-state index in [1.165, 1.54) is 19.3 Å². The third kappa shape index (κ3) is 4.50. The highest BCUT2D eigenvalue weighted by Gasteiger charge is 2.37. The van der Waals surface area contributed by atoms with E-state index in [1.54, 1.807) is 0 Å². The van der Waals surface area contributed by atoms with Crippen LogP contribution in [0, 0.1) is 17.8 Å². The summed E-state index contributed by atoms with van der Waals surface area (Å²) >= 11 is 0. The van der Waals surface area contributed by atoms with E-state index < -0.39 is 0 Å². The van der Waals surface area contributed by atoms with Crippen LogP contribution in [-0.4, -0.2) is 47.6 Å². The molecule has 136 valence electrons. The minimum absolute atomic E-state index is 0.0776. The number of aliphatic hydroxyl groups excluding tert-OH is 1. The predicted octanol–water partition coefficient (Wildman–Crippen LogP) is 2.08.